The standard InChI is InChI=1S/C21H22N4O2/c1-13-4-6-19(23-9-13)17-8-16(17)12-27-21-18(10-22-14(2)24-21)15-5-7-20(26)25(3)11-15/h4-7,9-11,16-17H,8,12H2,1-3H3/t16-,17+/m1/s1. The van der Waals surface area contributed by atoms with Gasteiger partial charge >= 0.3 is 0 Å². The molecule has 1 saturated carbocycles. The fourth-order valence-corrected chi connectivity index (χ4v) is 3.19. The van der Waals surface area contributed by atoms with Crippen LogP contribution in [0, 0.1) is 19.8 Å². The Hall–Kier alpha value is -3.02. The first-order chi connectivity index (χ1) is 13.0. The van der Waals surface area contributed by atoms with Crippen LogP contribution in [0.15, 0.2) is 47.7 Å². The maximum absolute atomic E-state index is 11.7. The van der Waals surface area contributed by atoms with Gasteiger partial charge in [0.2, 0.25) is 11.4 Å². The number of hydrogen-bond donors (Lipinski definition) is 0. The maximum Gasteiger partial charge on any atom is 0.250 e. The van der Waals surface area contributed by atoms with E-state index in [4.69, 9.17) is 4.74 Å². The molecular weight excluding hydrogens is 340 g/mol. The molecule has 4 rings (SSSR count). The van der Waals surface area contributed by atoms with Crippen LogP contribution >= 0.6 is 0 Å². The molecule has 0 bridgehead atoms. The first-order valence-electron chi connectivity index (χ1n) is 9.07. The SMILES string of the molecule is Cc1ccc([C@H]2C[C@@H]2COc2nc(C)ncc2-c2ccc(=O)n(C)c2)nc1. The highest BCUT2D eigenvalue weighted by atomic mass is 16.5. The first-order valence-corrected chi connectivity index (χ1v) is 9.07. The summed E-state index contributed by atoms with van der Waals surface area (Å²) in [6, 6.07) is 7.52. The van der Waals surface area contributed by atoms with Crippen molar-refractivity contribution in [2.24, 2.45) is 13.0 Å². The van der Waals surface area contributed by atoms with Crippen molar-refractivity contribution in [1.82, 2.24) is 19.5 Å². The molecule has 1 aliphatic rings. The highest BCUT2D eigenvalue weighted by Gasteiger charge is 2.40. The molecule has 3 aromatic heterocycles. The maximum atomic E-state index is 11.7. The van der Waals surface area contributed by atoms with Crippen molar-refractivity contribution < 1.29 is 4.74 Å². The van der Waals surface area contributed by atoms with E-state index in [0.717, 1.165) is 23.2 Å². The average Bonchev–Trinajstić information content (AvgIpc) is 3.43. The van der Waals surface area contributed by atoms with E-state index >= 15 is 0 Å². The van der Waals surface area contributed by atoms with Crippen LogP contribution in [0.5, 0.6) is 5.88 Å². The number of ether oxygens (including phenoxy) is 1. The van der Waals surface area contributed by atoms with Crippen LogP contribution < -0.4 is 10.3 Å². The molecule has 0 spiro atoms. The molecule has 0 saturated heterocycles. The molecule has 0 N–H and O–H groups in total. The number of rotatable bonds is 5. The molecule has 138 valence electrons. The van der Waals surface area contributed by atoms with Crippen LogP contribution in [0.25, 0.3) is 11.1 Å². The van der Waals surface area contributed by atoms with Crippen molar-refractivity contribution in [3.63, 3.8) is 0 Å². The molecule has 6 heteroatoms. The highest BCUT2D eigenvalue weighted by molar-refractivity contribution is 5.66. The summed E-state index contributed by atoms with van der Waals surface area (Å²) >= 11 is 0. The number of aryl methyl sites for hydroxylation is 3. The second kappa shape index (κ2) is 6.95. The first kappa shape index (κ1) is 17.4. The van der Waals surface area contributed by atoms with E-state index in [9.17, 15) is 4.79 Å². The monoisotopic (exact) mass is 362 g/mol. The highest BCUT2D eigenvalue weighted by Crippen LogP contribution is 2.47. The van der Waals surface area contributed by atoms with Crippen molar-refractivity contribution >= 4 is 0 Å². The van der Waals surface area contributed by atoms with E-state index in [1.54, 1.807) is 36.1 Å². The van der Waals surface area contributed by atoms with Crippen LogP contribution in [-0.4, -0.2) is 26.1 Å². The van der Waals surface area contributed by atoms with Crippen molar-refractivity contribution in [2.75, 3.05) is 6.61 Å². The number of nitrogens with zero attached hydrogens (tertiary/aromatic N) is 4. The molecule has 1 aliphatic carbocycles. The molecule has 3 heterocycles. The minimum Gasteiger partial charge on any atom is -0.477 e. The van der Waals surface area contributed by atoms with E-state index in [2.05, 4.69) is 27.1 Å². The largest absolute Gasteiger partial charge is 0.477 e. The summed E-state index contributed by atoms with van der Waals surface area (Å²) in [4.78, 5) is 24.9. The van der Waals surface area contributed by atoms with Gasteiger partial charge < -0.3 is 9.30 Å². The summed E-state index contributed by atoms with van der Waals surface area (Å²) in [5, 5.41) is 0. The van der Waals surface area contributed by atoms with Gasteiger partial charge in [-0.15, -0.1) is 0 Å². The second-order valence-electron chi connectivity index (χ2n) is 7.18. The predicted octanol–water partition coefficient (Wildman–Crippen LogP) is 3.04. The van der Waals surface area contributed by atoms with Crippen molar-refractivity contribution in [2.45, 2.75) is 26.2 Å². The average molecular weight is 362 g/mol. The van der Waals surface area contributed by atoms with Gasteiger partial charge in [0.05, 0.1) is 12.2 Å². The van der Waals surface area contributed by atoms with Gasteiger partial charge in [-0.1, -0.05) is 6.07 Å². The summed E-state index contributed by atoms with van der Waals surface area (Å²) < 4.78 is 7.62. The van der Waals surface area contributed by atoms with Gasteiger partial charge in [-0.25, -0.2) is 4.98 Å². The molecule has 0 radical (unpaired) electrons. The predicted molar refractivity (Wildman–Crippen MR) is 103 cm³/mol. The van der Waals surface area contributed by atoms with Crippen LogP contribution in [0.3, 0.4) is 0 Å². The smallest absolute Gasteiger partial charge is 0.250 e. The minimum absolute atomic E-state index is 0.0549. The van der Waals surface area contributed by atoms with Crippen molar-refractivity contribution in [3.05, 3.63) is 70.3 Å². The molecule has 27 heavy (non-hydrogen) atoms. The molecule has 1 fully saturated rings. The zero-order chi connectivity index (χ0) is 19.0. The Labute approximate surface area is 157 Å². The van der Waals surface area contributed by atoms with Crippen LogP contribution in [-0.2, 0) is 7.05 Å². The van der Waals surface area contributed by atoms with E-state index in [0.29, 0.717) is 30.1 Å². The van der Waals surface area contributed by atoms with E-state index in [-0.39, 0.29) is 5.56 Å². The molecule has 0 aromatic carbocycles. The number of hydrogen-bond acceptors (Lipinski definition) is 5. The quantitative estimate of drug-likeness (QED) is 0.698. The summed E-state index contributed by atoms with van der Waals surface area (Å²) in [5.74, 6) is 2.12. The molecule has 0 amide bonds. The Kier molecular flexibility index (Phi) is 4.48. The Morgan fingerprint density at radius 3 is 2.74 bits per heavy atom. The van der Waals surface area contributed by atoms with Gasteiger partial charge in [0.25, 0.3) is 0 Å². The lowest BCUT2D eigenvalue weighted by Gasteiger charge is -2.11. The molecule has 0 unspecified atom stereocenters. The Bertz CT molecular complexity index is 1030. The van der Waals surface area contributed by atoms with Gasteiger partial charge in [0.1, 0.15) is 5.82 Å². The lowest BCUT2D eigenvalue weighted by atomic mass is 10.1. The fourth-order valence-electron chi connectivity index (χ4n) is 3.19. The Balaban J connectivity index is 1.51. The van der Waals surface area contributed by atoms with Gasteiger partial charge in [0.15, 0.2) is 0 Å². The lowest BCUT2D eigenvalue weighted by Crippen LogP contribution is -2.14. The summed E-state index contributed by atoms with van der Waals surface area (Å²) in [6.45, 7) is 4.48. The Morgan fingerprint density at radius 1 is 1.15 bits per heavy atom. The third-order valence-electron chi connectivity index (χ3n) is 4.94. The van der Waals surface area contributed by atoms with Crippen LogP contribution in [0.1, 0.15) is 29.4 Å². The molecule has 6 nitrogen and oxygen atoms in total. The van der Waals surface area contributed by atoms with Gasteiger partial charge in [-0.3, -0.25) is 9.78 Å². The number of pyridine rings is 2. The van der Waals surface area contributed by atoms with E-state index in [1.165, 1.54) is 5.56 Å². The van der Waals surface area contributed by atoms with Crippen molar-refractivity contribution in [3.8, 4) is 17.0 Å². The Morgan fingerprint density at radius 2 is 2.00 bits per heavy atom. The normalized spacial score (nSPS) is 18.3. The van der Waals surface area contributed by atoms with Gasteiger partial charge in [-0.05, 0) is 38.0 Å². The van der Waals surface area contributed by atoms with Crippen LogP contribution in [0.4, 0.5) is 0 Å². The summed E-state index contributed by atoms with van der Waals surface area (Å²) in [7, 11) is 1.73. The van der Waals surface area contributed by atoms with Crippen molar-refractivity contribution in [1.29, 1.82) is 0 Å². The molecule has 3 aromatic rings. The van der Waals surface area contributed by atoms with Crippen LogP contribution in [0.2, 0.25) is 0 Å². The molecule has 2 atom stereocenters. The fraction of sp³-hybridized carbons (Fsp3) is 0.333. The third-order valence-corrected chi connectivity index (χ3v) is 4.94. The second-order valence-corrected chi connectivity index (χ2v) is 7.18. The zero-order valence-electron chi connectivity index (χ0n) is 15.7. The molecular formula is C21H22N4O2. The summed E-state index contributed by atoms with van der Waals surface area (Å²) in [5.41, 5.74) is 3.90. The molecule has 0 aliphatic heterocycles. The summed E-state index contributed by atoms with van der Waals surface area (Å²) in [6.07, 6.45) is 6.52. The lowest BCUT2D eigenvalue weighted by molar-refractivity contribution is 0.285. The van der Waals surface area contributed by atoms with Gasteiger partial charge in [0, 0.05) is 54.8 Å². The minimum atomic E-state index is -0.0549. The zero-order valence-corrected chi connectivity index (χ0v) is 15.7. The van der Waals surface area contributed by atoms with E-state index in [1.807, 2.05) is 20.0 Å². The van der Waals surface area contributed by atoms with Gasteiger partial charge in [-0.2, -0.15) is 4.98 Å². The number of aromatic nitrogens is 4. The third kappa shape index (κ3) is 3.74. The topological polar surface area (TPSA) is 69.9 Å². The van der Waals surface area contributed by atoms with E-state index < -0.39 is 0 Å².